The number of thioether (sulfide) groups is 1. The normalized spacial score (nSPS) is 13.5. The highest BCUT2D eigenvalue weighted by molar-refractivity contribution is 7.99. The number of amides is 1. The van der Waals surface area contributed by atoms with E-state index in [0.717, 1.165) is 42.0 Å². The van der Waals surface area contributed by atoms with Gasteiger partial charge >= 0.3 is 18.3 Å². The van der Waals surface area contributed by atoms with E-state index in [2.05, 4.69) is 20.2 Å². The quantitative estimate of drug-likeness (QED) is 0.355. The first-order valence-corrected chi connectivity index (χ1v) is 10.8. The molecule has 7 nitrogen and oxygen atoms in total. The van der Waals surface area contributed by atoms with Crippen LogP contribution in [0.5, 0.6) is 0 Å². The van der Waals surface area contributed by atoms with Crippen LogP contribution < -0.4 is 4.80 Å². The summed E-state index contributed by atoms with van der Waals surface area (Å²) in [6.45, 7) is 1.72. The second kappa shape index (κ2) is 9.09. The molecule has 0 unspecified atom stereocenters. The SMILES string of the molecule is CCSc1cc(-n2ccc(C(F)(F)F)n2)cnc1C(=O)/N=c1\sc(C(F)(F)C(F)(F)F)nn1C. The van der Waals surface area contributed by atoms with Crippen molar-refractivity contribution in [3.05, 3.63) is 45.7 Å². The zero-order valence-electron chi connectivity index (χ0n) is 16.9. The van der Waals surface area contributed by atoms with Gasteiger partial charge in [-0.1, -0.05) is 18.3 Å². The average molecular weight is 532 g/mol. The van der Waals surface area contributed by atoms with Crippen LogP contribution in [0.15, 0.2) is 34.4 Å². The first kappa shape index (κ1) is 25.8. The first-order chi connectivity index (χ1) is 15.6. The molecule has 0 radical (unpaired) electrons. The van der Waals surface area contributed by atoms with Gasteiger partial charge in [-0.2, -0.15) is 50.3 Å². The molecule has 0 aliphatic rings. The smallest absolute Gasteiger partial charge is 0.265 e. The van der Waals surface area contributed by atoms with Gasteiger partial charge in [0.1, 0.15) is 5.69 Å². The maximum absolute atomic E-state index is 13.6. The Balaban J connectivity index is 2.00. The lowest BCUT2D eigenvalue weighted by Gasteiger charge is -2.15. The van der Waals surface area contributed by atoms with E-state index in [0.29, 0.717) is 10.4 Å². The summed E-state index contributed by atoms with van der Waals surface area (Å²) in [5, 5.41) is 4.94. The Morgan fingerprint density at radius 2 is 1.82 bits per heavy atom. The van der Waals surface area contributed by atoms with Crippen LogP contribution in [0.1, 0.15) is 28.1 Å². The third-order valence-electron chi connectivity index (χ3n) is 4.01. The molecule has 0 saturated carbocycles. The number of rotatable bonds is 5. The van der Waals surface area contributed by atoms with Crippen molar-refractivity contribution in [1.82, 2.24) is 24.5 Å². The molecule has 0 atom stereocenters. The predicted molar refractivity (Wildman–Crippen MR) is 104 cm³/mol. The van der Waals surface area contributed by atoms with Gasteiger partial charge in [0.15, 0.2) is 10.7 Å². The largest absolute Gasteiger partial charge is 0.460 e. The fourth-order valence-electron chi connectivity index (χ4n) is 2.44. The van der Waals surface area contributed by atoms with Gasteiger partial charge in [-0.15, -0.1) is 11.8 Å². The maximum Gasteiger partial charge on any atom is 0.460 e. The summed E-state index contributed by atoms with van der Waals surface area (Å²) in [4.78, 5) is 19.8. The van der Waals surface area contributed by atoms with Gasteiger partial charge in [0.05, 0.1) is 11.9 Å². The van der Waals surface area contributed by atoms with E-state index in [1.165, 1.54) is 6.07 Å². The number of nitrogens with zero attached hydrogens (tertiary/aromatic N) is 6. The van der Waals surface area contributed by atoms with Crippen molar-refractivity contribution in [1.29, 1.82) is 0 Å². The lowest BCUT2D eigenvalue weighted by molar-refractivity contribution is -0.289. The van der Waals surface area contributed by atoms with E-state index in [9.17, 15) is 39.9 Å². The van der Waals surface area contributed by atoms with Gasteiger partial charge in [0.2, 0.25) is 4.80 Å². The van der Waals surface area contributed by atoms with Gasteiger partial charge in [0.25, 0.3) is 5.91 Å². The van der Waals surface area contributed by atoms with Crippen LogP contribution in [-0.4, -0.2) is 42.4 Å². The standard InChI is InChI=1S/C17H12F8N6OS2/c1-3-33-9-6-8(31-5-4-10(28-31)16(20,21)22)7-26-11(9)12(32)27-14-30(2)29-13(34-14)15(18,19)17(23,24)25/h4-7H,3H2,1-2H3/b27-14-. The van der Waals surface area contributed by atoms with Crippen molar-refractivity contribution in [2.45, 2.75) is 30.1 Å². The summed E-state index contributed by atoms with van der Waals surface area (Å²) in [6.07, 6.45) is -8.46. The lowest BCUT2D eigenvalue weighted by atomic mass is 10.3. The molecule has 0 saturated heterocycles. The van der Waals surface area contributed by atoms with Gasteiger partial charge in [-0.05, 0) is 17.9 Å². The molecule has 3 aromatic heterocycles. The zero-order valence-corrected chi connectivity index (χ0v) is 18.6. The molecular formula is C17H12F8N6OS2. The van der Waals surface area contributed by atoms with E-state index in [-0.39, 0.29) is 27.6 Å². The summed E-state index contributed by atoms with van der Waals surface area (Å²) >= 11 is 0.964. The van der Waals surface area contributed by atoms with Crippen LogP contribution in [0, 0.1) is 0 Å². The van der Waals surface area contributed by atoms with Crippen LogP contribution in [0.3, 0.4) is 0 Å². The molecule has 0 fully saturated rings. The molecule has 1 amide bonds. The highest BCUT2D eigenvalue weighted by Crippen LogP contribution is 2.43. The minimum absolute atomic E-state index is 0.0958. The third kappa shape index (κ3) is 5.13. The fraction of sp³-hybridized carbons (Fsp3) is 0.353. The van der Waals surface area contributed by atoms with E-state index in [4.69, 9.17) is 0 Å². The Labute approximate surface area is 193 Å². The molecule has 3 rings (SSSR count). The number of alkyl halides is 8. The first-order valence-electron chi connectivity index (χ1n) is 8.99. The Hall–Kier alpha value is -2.82. The molecule has 3 aromatic rings. The molecule has 0 aliphatic heterocycles. The van der Waals surface area contributed by atoms with Gasteiger partial charge in [-0.3, -0.25) is 4.79 Å². The van der Waals surface area contributed by atoms with Gasteiger partial charge in [0, 0.05) is 18.1 Å². The average Bonchev–Trinajstić information content (AvgIpc) is 3.35. The highest BCUT2D eigenvalue weighted by Gasteiger charge is 2.61. The second-order valence-electron chi connectivity index (χ2n) is 6.42. The van der Waals surface area contributed by atoms with Crippen LogP contribution >= 0.6 is 23.1 Å². The van der Waals surface area contributed by atoms with Crippen molar-refractivity contribution in [3.63, 3.8) is 0 Å². The summed E-state index contributed by atoms with van der Waals surface area (Å²) in [7, 11) is 1.03. The number of aryl methyl sites for hydroxylation is 1. The number of carbonyl (C=O) groups excluding carboxylic acids is 1. The summed E-state index contributed by atoms with van der Waals surface area (Å²) in [5.41, 5.74) is -1.33. The van der Waals surface area contributed by atoms with Crippen molar-refractivity contribution < 1.29 is 39.9 Å². The molecule has 0 aromatic carbocycles. The van der Waals surface area contributed by atoms with Crippen LogP contribution in [-0.2, 0) is 19.1 Å². The number of carbonyl (C=O) groups is 1. The Kier molecular flexibility index (Phi) is 6.89. The van der Waals surface area contributed by atoms with E-state index >= 15 is 0 Å². The minimum atomic E-state index is -5.89. The number of pyridine rings is 1. The monoisotopic (exact) mass is 532 g/mol. The third-order valence-corrected chi connectivity index (χ3v) is 5.99. The lowest BCUT2D eigenvalue weighted by Crippen LogP contribution is -2.33. The van der Waals surface area contributed by atoms with Crippen molar-refractivity contribution in [3.8, 4) is 5.69 Å². The summed E-state index contributed by atoms with van der Waals surface area (Å²) in [5.74, 6) is -5.90. The molecule has 0 aliphatic carbocycles. The Morgan fingerprint density at radius 1 is 1.15 bits per heavy atom. The minimum Gasteiger partial charge on any atom is -0.265 e. The van der Waals surface area contributed by atoms with E-state index < -0.39 is 39.7 Å². The number of aromatic nitrogens is 5. The molecule has 17 heteroatoms. The number of halogens is 8. The van der Waals surface area contributed by atoms with Crippen LogP contribution in [0.2, 0.25) is 0 Å². The zero-order chi connectivity index (χ0) is 25.5. The van der Waals surface area contributed by atoms with Crippen LogP contribution in [0.4, 0.5) is 35.1 Å². The summed E-state index contributed by atoms with van der Waals surface area (Å²) < 4.78 is 105. The predicted octanol–water partition coefficient (Wildman–Crippen LogP) is 4.59. The van der Waals surface area contributed by atoms with Crippen molar-refractivity contribution >= 4 is 29.0 Å². The second-order valence-corrected chi connectivity index (χ2v) is 8.68. The van der Waals surface area contributed by atoms with Gasteiger partial charge in [-0.25, -0.2) is 14.3 Å². The fourth-order valence-corrected chi connectivity index (χ4v) is 4.11. The van der Waals surface area contributed by atoms with Gasteiger partial charge < -0.3 is 0 Å². The molecule has 0 N–H and O–H groups in total. The molecule has 3 heterocycles. The maximum atomic E-state index is 13.6. The topological polar surface area (TPSA) is 78.0 Å². The molecule has 0 bridgehead atoms. The molecule has 0 spiro atoms. The highest BCUT2D eigenvalue weighted by atomic mass is 32.2. The van der Waals surface area contributed by atoms with Crippen LogP contribution in [0.25, 0.3) is 5.69 Å². The summed E-state index contributed by atoms with van der Waals surface area (Å²) in [6, 6.07) is 2.08. The Bertz CT molecular complexity index is 1270. The molecule has 34 heavy (non-hydrogen) atoms. The van der Waals surface area contributed by atoms with E-state index in [1.807, 2.05) is 0 Å². The van der Waals surface area contributed by atoms with Crippen molar-refractivity contribution in [2.24, 2.45) is 12.0 Å². The molecular weight excluding hydrogens is 520 g/mol. The van der Waals surface area contributed by atoms with E-state index in [1.54, 1.807) is 6.92 Å². The Morgan fingerprint density at radius 3 is 2.38 bits per heavy atom. The number of hydrogen-bond acceptors (Lipinski definition) is 6. The van der Waals surface area contributed by atoms with Crippen molar-refractivity contribution in [2.75, 3.05) is 5.75 Å². The molecule has 184 valence electrons. The number of hydrogen-bond donors (Lipinski definition) is 0.